The van der Waals surface area contributed by atoms with E-state index in [0.717, 1.165) is 33.2 Å². The van der Waals surface area contributed by atoms with E-state index in [4.69, 9.17) is 0 Å². The number of rotatable bonds is 10. The average molecular weight is 516 g/mol. The lowest BCUT2D eigenvalue weighted by Gasteiger charge is -2.16. The summed E-state index contributed by atoms with van der Waals surface area (Å²) in [7, 11) is -1.06. The Bertz CT molecular complexity index is 1640. The maximum absolute atomic E-state index is 11.4. The van der Waals surface area contributed by atoms with Crippen LogP contribution >= 0.6 is 0 Å². The molecule has 3 heterocycles. The van der Waals surface area contributed by atoms with E-state index >= 15 is 0 Å². The van der Waals surface area contributed by atoms with Crippen molar-refractivity contribution >= 4 is 43.1 Å². The van der Waals surface area contributed by atoms with Crippen LogP contribution in [0.2, 0.25) is 0 Å². The van der Waals surface area contributed by atoms with Gasteiger partial charge in [-0.25, -0.2) is 18.4 Å². The maximum atomic E-state index is 11.4. The molecule has 0 aliphatic carbocycles. The summed E-state index contributed by atoms with van der Waals surface area (Å²) in [6.07, 6.45) is 7.11. The highest BCUT2D eigenvalue weighted by atomic mass is 32.2. The van der Waals surface area contributed by atoms with Gasteiger partial charge in [-0.3, -0.25) is 9.67 Å². The van der Waals surface area contributed by atoms with E-state index in [-0.39, 0.29) is 5.75 Å². The summed E-state index contributed by atoms with van der Waals surface area (Å²) in [5, 5.41) is 9.93. The van der Waals surface area contributed by atoms with E-state index in [2.05, 4.69) is 49.6 Å². The van der Waals surface area contributed by atoms with Gasteiger partial charge in [0.2, 0.25) is 0 Å². The topological polar surface area (TPSA) is 106 Å². The first-order valence-corrected chi connectivity index (χ1v) is 14.1. The molecule has 9 nitrogen and oxygen atoms in total. The zero-order chi connectivity index (χ0) is 25.8. The van der Waals surface area contributed by atoms with Gasteiger partial charge in [0.1, 0.15) is 22.0 Å². The van der Waals surface area contributed by atoms with Gasteiger partial charge in [-0.15, -0.1) is 0 Å². The van der Waals surface area contributed by atoms with Gasteiger partial charge in [0, 0.05) is 47.9 Å². The highest BCUT2D eigenvalue weighted by Crippen LogP contribution is 2.26. The molecule has 0 spiro atoms. The number of benzene rings is 2. The van der Waals surface area contributed by atoms with Crippen LogP contribution in [0, 0.1) is 0 Å². The Morgan fingerprint density at radius 3 is 2.62 bits per heavy atom. The van der Waals surface area contributed by atoms with Crippen LogP contribution in [-0.2, 0) is 22.8 Å². The van der Waals surface area contributed by atoms with Crippen molar-refractivity contribution in [2.45, 2.75) is 13.0 Å². The Morgan fingerprint density at radius 1 is 0.973 bits per heavy atom. The molecule has 0 radical (unpaired) electrons. The lowest BCUT2D eigenvalue weighted by atomic mass is 10.2. The Morgan fingerprint density at radius 2 is 1.81 bits per heavy atom. The molecule has 0 aliphatic rings. The number of nitrogens with one attached hydrogen (secondary N) is 1. The number of sulfone groups is 1. The maximum Gasteiger partial charge on any atom is 0.148 e. The van der Waals surface area contributed by atoms with E-state index in [0.29, 0.717) is 31.9 Å². The second kappa shape index (κ2) is 10.6. The Hall–Kier alpha value is -3.89. The van der Waals surface area contributed by atoms with E-state index in [1.54, 1.807) is 6.20 Å². The minimum absolute atomic E-state index is 0.145. The zero-order valence-electron chi connectivity index (χ0n) is 20.9. The number of anilines is 2. The summed E-state index contributed by atoms with van der Waals surface area (Å²) < 4.78 is 24.9. The lowest BCUT2D eigenvalue weighted by Crippen LogP contribution is -2.27. The molecule has 37 heavy (non-hydrogen) atoms. The van der Waals surface area contributed by atoms with Gasteiger partial charge in [-0.2, -0.15) is 5.10 Å². The summed E-state index contributed by atoms with van der Waals surface area (Å²) in [5.41, 5.74) is 4.82. The first kappa shape index (κ1) is 24.8. The molecule has 0 bridgehead atoms. The van der Waals surface area contributed by atoms with Gasteiger partial charge in [-0.1, -0.05) is 30.3 Å². The van der Waals surface area contributed by atoms with Gasteiger partial charge in [0.25, 0.3) is 0 Å². The van der Waals surface area contributed by atoms with Crippen molar-refractivity contribution in [3.8, 4) is 0 Å². The molecule has 0 amide bonds. The average Bonchev–Trinajstić information content (AvgIpc) is 3.28. The molecule has 0 fully saturated rings. The smallest absolute Gasteiger partial charge is 0.148 e. The van der Waals surface area contributed by atoms with Gasteiger partial charge in [0.15, 0.2) is 0 Å². The van der Waals surface area contributed by atoms with Gasteiger partial charge >= 0.3 is 0 Å². The number of nitrogens with zero attached hydrogens (tertiary/aromatic N) is 6. The van der Waals surface area contributed by atoms with Crippen molar-refractivity contribution < 1.29 is 8.42 Å². The summed E-state index contributed by atoms with van der Waals surface area (Å²) in [5.74, 6) is 0.849. The molecule has 1 N–H and O–H groups in total. The van der Waals surface area contributed by atoms with Crippen molar-refractivity contribution in [2.75, 3.05) is 37.5 Å². The number of hydrogen-bond acceptors (Lipinski definition) is 8. The van der Waals surface area contributed by atoms with Crippen LogP contribution in [0.15, 0.2) is 73.3 Å². The molecular weight excluding hydrogens is 486 g/mol. The Labute approximate surface area is 216 Å². The van der Waals surface area contributed by atoms with Crippen LogP contribution in [-0.4, -0.2) is 70.2 Å². The Kier molecular flexibility index (Phi) is 7.11. The monoisotopic (exact) mass is 515 g/mol. The van der Waals surface area contributed by atoms with Crippen LogP contribution < -0.4 is 5.32 Å². The molecule has 0 aliphatic heterocycles. The molecule has 2 aromatic carbocycles. The van der Waals surface area contributed by atoms with Crippen molar-refractivity contribution in [2.24, 2.45) is 0 Å². The highest BCUT2D eigenvalue weighted by molar-refractivity contribution is 7.90. The van der Waals surface area contributed by atoms with Crippen molar-refractivity contribution in [1.29, 1.82) is 0 Å². The lowest BCUT2D eigenvalue weighted by molar-refractivity contribution is 0.356. The zero-order valence-corrected chi connectivity index (χ0v) is 21.7. The molecule has 0 atom stereocenters. The van der Waals surface area contributed by atoms with Crippen LogP contribution in [0.25, 0.3) is 21.8 Å². The Balaban J connectivity index is 1.32. The second-order valence-electron chi connectivity index (χ2n) is 9.28. The first-order valence-electron chi connectivity index (χ1n) is 12.1. The third-order valence-corrected chi connectivity index (χ3v) is 7.18. The normalized spacial score (nSPS) is 12.0. The number of fused-ring (bicyclic) bond motifs is 2. The predicted molar refractivity (Wildman–Crippen MR) is 147 cm³/mol. The van der Waals surface area contributed by atoms with Gasteiger partial charge in [0.05, 0.1) is 35.7 Å². The standard InChI is InChI=1S/C27H29N7O2S/c1-33(12-13-37(2,35)36)11-10-22-15-24-25(17-28-22)29-19-30-27(24)32-23-8-9-26-21(14-23)16-31-34(26)18-20-6-4-3-5-7-20/h3-9,14-17,19H,10-13,18H2,1-2H3,(H,29,30,32). The number of likely N-dealkylation sites (N-methyl/N-ethyl adjacent to an activating group) is 1. The third kappa shape index (κ3) is 6.28. The molecule has 0 unspecified atom stereocenters. The minimum atomic E-state index is -2.98. The van der Waals surface area contributed by atoms with Crippen LogP contribution in [0.4, 0.5) is 11.5 Å². The van der Waals surface area contributed by atoms with Gasteiger partial charge in [-0.05, 0) is 36.9 Å². The molecule has 5 aromatic rings. The summed E-state index contributed by atoms with van der Waals surface area (Å²) in [6, 6.07) is 18.4. The third-order valence-electron chi connectivity index (χ3n) is 6.25. The fraction of sp³-hybridized carbons (Fsp3) is 0.259. The molecule has 3 aromatic heterocycles. The van der Waals surface area contributed by atoms with Crippen molar-refractivity contribution in [3.05, 3.63) is 84.6 Å². The molecule has 5 rings (SSSR count). The van der Waals surface area contributed by atoms with Gasteiger partial charge < -0.3 is 10.2 Å². The summed E-state index contributed by atoms with van der Waals surface area (Å²) in [4.78, 5) is 15.4. The van der Waals surface area contributed by atoms with Crippen LogP contribution in [0.3, 0.4) is 0 Å². The first-order chi connectivity index (χ1) is 17.8. The number of hydrogen-bond donors (Lipinski definition) is 1. The van der Waals surface area contributed by atoms with Crippen molar-refractivity contribution in [1.82, 2.24) is 29.6 Å². The fourth-order valence-electron chi connectivity index (χ4n) is 4.16. The quantitative estimate of drug-likeness (QED) is 0.300. The largest absolute Gasteiger partial charge is 0.340 e. The highest BCUT2D eigenvalue weighted by Gasteiger charge is 2.10. The van der Waals surface area contributed by atoms with E-state index in [9.17, 15) is 8.42 Å². The molecule has 0 saturated heterocycles. The SMILES string of the molecule is CN(CCc1cc2c(Nc3ccc4c(cnn4Cc4ccccc4)c3)ncnc2cn1)CCS(C)(=O)=O. The fourth-order valence-corrected chi connectivity index (χ4v) is 4.80. The molecule has 10 heteroatoms. The molecule has 190 valence electrons. The summed E-state index contributed by atoms with van der Waals surface area (Å²) in [6.45, 7) is 1.91. The van der Waals surface area contributed by atoms with E-state index < -0.39 is 9.84 Å². The minimum Gasteiger partial charge on any atom is -0.340 e. The summed E-state index contributed by atoms with van der Waals surface area (Å²) >= 11 is 0. The predicted octanol–water partition coefficient (Wildman–Crippen LogP) is 3.69. The van der Waals surface area contributed by atoms with Crippen LogP contribution in [0.1, 0.15) is 11.3 Å². The number of aromatic nitrogens is 5. The van der Waals surface area contributed by atoms with E-state index in [1.165, 1.54) is 18.1 Å². The second-order valence-corrected chi connectivity index (χ2v) is 11.5. The molecule has 0 saturated carbocycles. The van der Waals surface area contributed by atoms with Crippen molar-refractivity contribution in [3.63, 3.8) is 0 Å². The van der Waals surface area contributed by atoms with E-state index in [1.807, 2.05) is 53.2 Å². The number of pyridine rings is 1. The van der Waals surface area contributed by atoms with Crippen LogP contribution in [0.5, 0.6) is 0 Å². The molecular formula is C27H29N7O2S.